The molecule has 0 aliphatic carbocycles. The molecule has 6 nitrogen and oxygen atoms in total. The van der Waals surface area contributed by atoms with Crippen LogP contribution in [0.5, 0.6) is 0 Å². The Morgan fingerprint density at radius 2 is 0.767 bits per heavy atom. The van der Waals surface area contributed by atoms with Gasteiger partial charge in [-0.2, -0.15) is 11.1 Å². The first-order valence-corrected chi connectivity index (χ1v) is 14.8. The van der Waals surface area contributed by atoms with Crippen LogP contribution in [-0.2, 0) is 13.1 Å². The minimum absolute atomic E-state index is 0.560. The van der Waals surface area contributed by atoms with E-state index in [9.17, 15) is 0 Å². The van der Waals surface area contributed by atoms with Crippen molar-refractivity contribution in [2.75, 3.05) is 13.1 Å². The summed E-state index contributed by atoms with van der Waals surface area (Å²) in [5, 5.41) is 26.4. The molecule has 0 fully saturated rings. The summed E-state index contributed by atoms with van der Waals surface area (Å²) in [5.41, 5.74) is 18.1. The first kappa shape index (κ1) is 25.4. The summed E-state index contributed by atoms with van der Waals surface area (Å²) in [6, 6.07) is 39.2. The third-order valence-corrected chi connectivity index (χ3v) is 9.06. The van der Waals surface area contributed by atoms with E-state index in [0.717, 1.165) is 17.5 Å². The van der Waals surface area contributed by atoms with Gasteiger partial charge in [0.1, 0.15) is 0 Å². The van der Waals surface area contributed by atoms with E-state index >= 15 is 0 Å². The maximum atomic E-state index is 7.91. The number of hydrogen-bond donors (Lipinski definition) is 2. The Labute approximate surface area is 248 Å². The van der Waals surface area contributed by atoms with E-state index in [4.69, 9.17) is 11.1 Å². The maximum absolute atomic E-state index is 7.91. The second-order valence-corrected chi connectivity index (χ2v) is 11.5. The van der Waals surface area contributed by atoms with Crippen LogP contribution in [0.4, 0.5) is 0 Å². The minimum atomic E-state index is 0.560. The largest absolute Gasteiger partial charge is 0.275 e. The first-order chi connectivity index (χ1) is 21.2. The van der Waals surface area contributed by atoms with Crippen molar-refractivity contribution >= 4 is 64.6 Å². The van der Waals surface area contributed by atoms with Gasteiger partial charge >= 0.3 is 0 Å². The number of nitrogens with one attached hydrogen (secondary N) is 2. The van der Waals surface area contributed by atoms with Crippen molar-refractivity contribution in [3.63, 3.8) is 0 Å². The molecule has 2 N–H and O–H groups in total. The molecule has 43 heavy (non-hydrogen) atoms. The Balaban J connectivity index is 1.00. The van der Waals surface area contributed by atoms with Gasteiger partial charge in [-0.3, -0.25) is 10.0 Å². The average Bonchev–Trinajstić information content (AvgIpc) is 3.06. The molecule has 0 saturated heterocycles. The summed E-state index contributed by atoms with van der Waals surface area (Å²) >= 11 is 0. The fourth-order valence-electron chi connectivity index (χ4n) is 7.03. The Morgan fingerprint density at radius 1 is 0.419 bits per heavy atom. The Morgan fingerprint density at radius 3 is 1.16 bits per heavy atom. The lowest BCUT2D eigenvalue weighted by atomic mass is 9.92. The second kappa shape index (κ2) is 10.2. The highest BCUT2D eigenvalue weighted by molar-refractivity contribution is 6.24. The molecule has 0 amide bonds. The number of rotatable bonds is 10. The lowest BCUT2D eigenvalue weighted by Crippen LogP contribution is -2.24. The highest BCUT2D eigenvalue weighted by atomic mass is 15.5. The molecule has 8 aromatic carbocycles. The van der Waals surface area contributed by atoms with Gasteiger partial charge < -0.3 is 0 Å². The summed E-state index contributed by atoms with van der Waals surface area (Å²) in [6.45, 7) is 2.33. The third kappa shape index (κ3) is 4.17. The Hall–Kier alpha value is -5.36. The van der Waals surface area contributed by atoms with E-state index in [1.165, 1.54) is 64.6 Å². The van der Waals surface area contributed by atoms with Crippen molar-refractivity contribution in [3.8, 4) is 0 Å². The van der Waals surface area contributed by atoms with Crippen molar-refractivity contribution in [2.45, 2.75) is 19.5 Å². The van der Waals surface area contributed by atoms with Crippen molar-refractivity contribution in [1.29, 1.82) is 11.1 Å². The first-order valence-electron chi connectivity index (χ1n) is 14.8. The van der Waals surface area contributed by atoms with Crippen molar-refractivity contribution in [1.82, 2.24) is 10.0 Å². The van der Waals surface area contributed by atoms with Gasteiger partial charge in [0.2, 0.25) is 0 Å². The second-order valence-electron chi connectivity index (χ2n) is 11.5. The number of nitrogens with zero attached hydrogens (tertiary/aromatic N) is 4. The van der Waals surface area contributed by atoms with Gasteiger partial charge in [-0.15, -0.1) is 0 Å². The van der Waals surface area contributed by atoms with Crippen LogP contribution in [0, 0.1) is 11.1 Å². The number of benzene rings is 8. The molecule has 0 aromatic heterocycles. The molecule has 8 aromatic rings. The van der Waals surface area contributed by atoms with Gasteiger partial charge in [0.25, 0.3) is 0 Å². The van der Waals surface area contributed by atoms with Crippen LogP contribution in [0.15, 0.2) is 120 Å². The fraction of sp³-hybridized carbons (Fsp3) is 0.135. The SMILES string of the molecule is N=NN(CCCN(Cc1ccc2ccc3cccc4ccc1c2c34)N=N)Cc1ccc2ccc3cccc4ccc1c2c34. The molecule has 0 atom stereocenters. The van der Waals surface area contributed by atoms with Gasteiger partial charge in [0.05, 0.1) is 13.1 Å². The molecule has 0 bridgehead atoms. The van der Waals surface area contributed by atoms with Gasteiger partial charge in [-0.05, 0) is 82.2 Å². The standard InChI is InChI=1S/C37H30N6/c38-40-42(22-30-14-12-28-10-8-24-4-1-6-26-16-18-32(30)36(28)34(24)26)20-3-21-43(41-39)23-31-15-13-29-11-9-25-5-2-7-27-17-19-33(31)37(29)35(25)27/h1-2,4-19,38-39H,3,20-23H2. The minimum Gasteiger partial charge on any atom is -0.275 e. The molecule has 0 aliphatic heterocycles. The lowest BCUT2D eigenvalue weighted by molar-refractivity contribution is 0.204. The predicted molar refractivity (Wildman–Crippen MR) is 176 cm³/mol. The van der Waals surface area contributed by atoms with Crippen LogP contribution in [0.1, 0.15) is 17.5 Å². The van der Waals surface area contributed by atoms with Crippen molar-refractivity contribution in [2.24, 2.45) is 10.4 Å². The summed E-state index contributed by atoms with van der Waals surface area (Å²) < 4.78 is 0. The van der Waals surface area contributed by atoms with Gasteiger partial charge in [-0.1, -0.05) is 120 Å². The third-order valence-electron chi connectivity index (χ3n) is 9.06. The molecule has 0 radical (unpaired) electrons. The highest BCUT2D eigenvalue weighted by Crippen LogP contribution is 2.37. The summed E-state index contributed by atoms with van der Waals surface area (Å²) in [4.78, 5) is 0. The Kier molecular flexibility index (Phi) is 6.00. The summed E-state index contributed by atoms with van der Waals surface area (Å²) in [7, 11) is 0. The molecule has 0 unspecified atom stereocenters. The molecule has 0 spiro atoms. The van der Waals surface area contributed by atoms with Crippen molar-refractivity contribution < 1.29 is 0 Å². The highest BCUT2D eigenvalue weighted by Gasteiger charge is 2.15. The van der Waals surface area contributed by atoms with E-state index in [1.54, 1.807) is 0 Å². The van der Waals surface area contributed by atoms with Gasteiger partial charge in [0.15, 0.2) is 0 Å². The molecule has 0 saturated carbocycles. The molecule has 0 aliphatic rings. The molecular weight excluding hydrogens is 528 g/mol. The van der Waals surface area contributed by atoms with Crippen LogP contribution in [0.25, 0.3) is 64.6 Å². The zero-order valence-electron chi connectivity index (χ0n) is 23.7. The van der Waals surface area contributed by atoms with Crippen LogP contribution >= 0.6 is 0 Å². The van der Waals surface area contributed by atoms with E-state index in [0.29, 0.717) is 26.2 Å². The van der Waals surface area contributed by atoms with E-state index in [2.05, 4.69) is 120 Å². The van der Waals surface area contributed by atoms with E-state index in [1.807, 2.05) is 10.0 Å². The van der Waals surface area contributed by atoms with Crippen LogP contribution < -0.4 is 0 Å². The quantitative estimate of drug-likeness (QED) is 0.0995. The summed E-state index contributed by atoms with van der Waals surface area (Å²) in [6.07, 6.45) is 0.739. The zero-order valence-corrected chi connectivity index (χ0v) is 23.7. The van der Waals surface area contributed by atoms with Gasteiger partial charge in [-0.25, -0.2) is 0 Å². The van der Waals surface area contributed by atoms with Crippen LogP contribution in [0.2, 0.25) is 0 Å². The predicted octanol–water partition coefficient (Wildman–Crippen LogP) is 10.1. The van der Waals surface area contributed by atoms with E-state index < -0.39 is 0 Å². The molecule has 8 rings (SSSR count). The molecule has 0 heterocycles. The molecule has 208 valence electrons. The monoisotopic (exact) mass is 558 g/mol. The van der Waals surface area contributed by atoms with Gasteiger partial charge in [0, 0.05) is 13.1 Å². The molecular formula is C37H30N6. The van der Waals surface area contributed by atoms with E-state index in [-0.39, 0.29) is 0 Å². The maximum Gasteiger partial charge on any atom is 0.0633 e. The van der Waals surface area contributed by atoms with Crippen LogP contribution in [0.3, 0.4) is 0 Å². The number of hydrogen-bond acceptors (Lipinski definition) is 4. The smallest absolute Gasteiger partial charge is 0.0633 e. The normalized spacial score (nSPS) is 11.9. The molecule has 6 heteroatoms. The fourth-order valence-corrected chi connectivity index (χ4v) is 7.03. The lowest BCUT2D eigenvalue weighted by Gasteiger charge is -2.22. The topological polar surface area (TPSA) is 78.9 Å². The van der Waals surface area contributed by atoms with Crippen molar-refractivity contribution in [3.05, 3.63) is 120 Å². The summed E-state index contributed by atoms with van der Waals surface area (Å²) in [5.74, 6) is 0. The zero-order chi connectivity index (χ0) is 28.9. The Bertz CT molecular complexity index is 2100. The van der Waals surface area contributed by atoms with Crippen LogP contribution in [-0.4, -0.2) is 23.1 Å². The average molecular weight is 559 g/mol.